The molecule has 1 heterocycles. The van der Waals surface area contributed by atoms with Crippen LogP contribution in [0.4, 0.5) is 4.39 Å². The van der Waals surface area contributed by atoms with Gasteiger partial charge in [0.2, 0.25) is 0 Å². The molecular weight excluding hydrogens is 195 g/mol. The molecule has 86 valence electrons. The van der Waals surface area contributed by atoms with Crippen LogP contribution in [0.25, 0.3) is 0 Å². The Morgan fingerprint density at radius 3 is 2.60 bits per heavy atom. The third-order valence-electron chi connectivity index (χ3n) is 2.36. The van der Waals surface area contributed by atoms with Gasteiger partial charge >= 0.3 is 0 Å². The van der Waals surface area contributed by atoms with Crippen LogP contribution in [0.3, 0.4) is 0 Å². The summed E-state index contributed by atoms with van der Waals surface area (Å²) >= 11 is 0. The third-order valence-corrected chi connectivity index (χ3v) is 2.36. The van der Waals surface area contributed by atoms with Crippen LogP contribution in [0.2, 0.25) is 0 Å². The van der Waals surface area contributed by atoms with Crippen molar-refractivity contribution in [1.29, 1.82) is 0 Å². The molecule has 0 amide bonds. The maximum Gasteiger partial charge on any atom is 0.163 e. The lowest BCUT2D eigenvalue weighted by Gasteiger charge is -2.40. The highest BCUT2D eigenvalue weighted by atomic mass is 19.1. The van der Waals surface area contributed by atoms with Gasteiger partial charge in [-0.25, -0.2) is 4.39 Å². The zero-order valence-electron chi connectivity index (χ0n) is 9.63. The SMILES string of the molecule is C#CCC1CC(CC(C)F)OC(C)(C)O1. The molecule has 0 bridgehead atoms. The molecule has 0 aliphatic carbocycles. The molecule has 0 spiro atoms. The lowest BCUT2D eigenvalue weighted by atomic mass is 10.0. The highest BCUT2D eigenvalue weighted by Gasteiger charge is 2.35. The van der Waals surface area contributed by atoms with Crippen LogP contribution in [-0.2, 0) is 9.47 Å². The average molecular weight is 214 g/mol. The van der Waals surface area contributed by atoms with E-state index in [-0.39, 0.29) is 12.2 Å². The van der Waals surface area contributed by atoms with E-state index in [0.29, 0.717) is 19.3 Å². The Labute approximate surface area is 91.1 Å². The monoisotopic (exact) mass is 214 g/mol. The largest absolute Gasteiger partial charge is 0.347 e. The van der Waals surface area contributed by atoms with Crippen LogP contribution in [0.1, 0.15) is 40.0 Å². The molecule has 3 unspecified atom stereocenters. The second kappa shape index (κ2) is 4.96. The predicted octanol–water partition coefficient (Wildman–Crippen LogP) is 2.67. The Hall–Kier alpha value is -0.590. The zero-order chi connectivity index (χ0) is 11.5. The first-order valence-electron chi connectivity index (χ1n) is 5.36. The van der Waals surface area contributed by atoms with Gasteiger partial charge in [-0.3, -0.25) is 0 Å². The van der Waals surface area contributed by atoms with E-state index in [0.717, 1.165) is 0 Å². The van der Waals surface area contributed by atoms with Crippen molar-refractivity contribution in [3.05, 3.63) is 0 Å². The Kier molecular flexibility index (Phi) is 4.12. The Morgan fingerprint density at radius 2 is 2.07 bits per heavy atom. The standard InChI is InChI=1S/C12H19FO2/c1-5-6-10-8-11(7-9(2)13)15-12(3,4)14-10/h1,9-11H,6-8H2,2-4H3. The number of halogens is 1. The van der Waals surface area contributed by atoms with Crippen molar-refractivity contribution < 1.29 is 13.9 Å². The molecular formula is C12H19FO2. The summed E-state index contributed by atoms with van der Waals surface area (Å²) in [6.07, 6.45) is 5.95. The number of terminal acetylenes is 1. The molecule has 3 atom stereocenters. The van der Waals surface area contributed by atoms with Gasteiger partial charge in [0.15, 0.2) is 5.79 Å². The van der Waals surface area contributed by atoms with E-state index in [1.807, 2.05) is 13.8 Å². The Balaban J connectivity index is 2.56. The van der Waals surface area contributed by atoms with Crippen LogP contribution < -0.4 is 0 Å². The highest BCUT2D eigenvalue weighted by molar-refractivity contribution is 4.90. The lowest BCUT2D eigenvalue weighted by molar-refractivity contribution is -0.300. The van der Waals surface area contributed by atoms with Crippen molar-refractivity contribution in [1.82, 2.24) is 0 Å². The second-order valence-corrected chi connectivity index (χ2v) is 4.54. The first kappa shape index (κ1) is 12.5. The summed E-state index contributed by atoms with van der Waals surface area (Å²) < 4.78 is 24.2. The smallest absolute Gasteiger partial charge is 0.163 e. The predicted molar refractivity (Wildman–Crippen MR) is 57.1 cm³/mol. The van der Waals surface area contributed by atoms with Gasteiger partial charge in [0, 0.05) is 19.3 Å². The summed E-state index contributed by atoms with van der Waals surface area (Å²) in [7, 11) is 0. The molecule has 0 radical (unpaired) electrons. The molecule has 0 saturated carbocycles. The topological polar surface area (TPSA) is 18.5 Å². The summed E-state index contributed by atoms with van der Waals surface area (Å²) in [5, 5.41) is 0. The van der Waals surface area contributed by atoms with E-state index < -0.39 is 12.0 Å². The van der Waals surface area contributed by atoms with Crippen molar-refractivity contribution in [3.8, 4) is 12.3 Å². The molecule has 15 heavy (non-hydrogen) atoms. The summed E-state index contributed by atoms with van der Waals surface area (Å²) in [6, 6.07) is 0. The minimum absolute atomic E-state index is 0.0116. The van der Waals surface area contributed by atoms with Crippen molar-refractivity contribution in [2.24, 2.45) is 0 Å². The van der Waals surface area contributed by atoms with Crippen molar-refractivity contribution in [2.45, 2.75) is 64.2 Å². The van der Waals surface area contributed by atoms with E-state index in [1.165, 1.54) is 0 Å². The number of hydrogen-bond acceptors (Lipinski definition) is 2. The second-order valence-electron chi connectivity index (χ2n) is 4.54. The van der Waals surface area contributed by atoms with E-state index in [4.69, 9.17) is 15.9 Å². The molecule has 1 rings (SSSR count). The van der Waals surface area contributed by atoms with E-state index >= 15 is 0 Å². The van der Waals surface area contributed by atoms with Crippen LogP contribution in [0.15, 0.2) is 0 Å². The molecule has 0 N–H and O–H groups in total. The quantitative estimate of drug-likeness (QED) is 0.672. The molecule has 1 aliphatic rings. The summed E-state index contributed by atoms with van der Waals surface area (Å²) in [5.74, 6) is 1.92. The molecule has 2 nitrogen and oxygen atoms in total. The maximum atomic E-state index is 12.9. The molecule has 0 aromatic carbocycles. The molecule has 3 heteroatoms. The fourth-order valence-electron chi connectivity index (χ4n) is 1.98. The molecule has 1 fully saturated rings. The van der Waals surface area contributed by atoms with Gasteiger partial charge < -0.3 is 9.47 Å². The molecule has 0 aromatic rings. The van der Waals surface area contributed by atoms with Crippen LogP contribution >= 0.6 is 0 Å². The molecule has 0 aromatic heterocycles. The number of alkyl halides is 1. The van der Waals surface area contributed by atoms with Gasteiger partial charge in [0.1, 0.15) is 0 Å². The van der Waals surface area contributed by atoms with E-state index in [2.05, 4.69) is 5.92 Å². The van der Waals surface area contributed by atoms with Gasteiger partial charge in [-0.2, -0.15) is 0 Å². The number of hydrogen-bond donors (Lipinski definition) is 0. The van der Waals surface area contributed by atoms with Crippen LogP contribution in [0, 0.1) is 12.3 Å². The van der Waals surface area contributed by atoms with E-state index in [9.17, 15) is 4.39 Å². The van der Waals surface area contributed by atoms with Crippen LogP contribution in [0.5, 0.6) is 0 Å². The van der Waals surface area contributed by atoms with Gasteiger partial charge in [0.05, 0.1) is 18.4 Å². The van der Waals surface area contributed by atoms with E-state index in [1.54, 1.807) is 6.92 Å². The normalized spacial score (nSPS) is 31.9. The Bertz CT molecular complexity index is 242. The fraction of sp³-hybridized carbons (Fsp3) is 0.833. The molecule has 1 aliphatic heterocycles. The highest BCUT2D eigenvalue weighted by Crippen LogP contribution is 2.30. The van der Waals surface area contributed by atoms with Gasteiger partial charge in [-0.15, -0.1) is 12.3 Å². The zero-order valence-corrected chi connectivity index (χ0v) is 9.63. The summed E-state index contributed by atoms with van der Waals surface area (Å²) in [6.45, 7) is 5.22. The lowest BCUT2D eigenvalue weighted by Crippen LogP contribution is -2.45. The van der Waals surface area contributed by atoms with Crippen molar-refractivity contribution in [3.63, 3.8) is 0 Å². The maximum absolute atomic E-state index is 12.9. The average Bonchev–Trinajstić information content (AvgIpc) is 1.99. The number of ether oxygens (including phenoxy) is 2. The van der Waals surface area contributed by atoms with Crippen molar-refractivity contribution >= 4 is 0 Å². The van der Waals surface area contributed by atoms with Crippen molar-refractivity contribution in [2.75, 3.05) is 0 Å². The molecule has 1 saturated heterocycles. The minimum atomic E-state index is -0.851. The van der Waals surface area contributed by atoms with Gasteiger partial charge in [0.25, 0.3) is 0 Å². The summed E-state index contributed by atoms with van der Waals surface area (Å²) in [4.78, 5) is 0. The Morgan fingerprint density at radius 1 is 1.47 bits per heavy atom. The number of rotatable bonds is 3. The fourth-order valence-corrected chi connectivity index (χ4v) is 1.98. The van der Waals surface area contributed by atoms with Crippen LogP contribution in [-0.4, -0.2) is 24.2 Å². The minimum Gasteiger partial charge on any atom is -0.347 e. The first-order chi connectivity index (χ1) is 6.93. The summed E-state index contributed by atoms with van der Waals surface area (Å²) in [5.41, 5.74) is 0. The van der Waals surface area contributed by atoms with Gasteiger partial charge in [-0.1, -0.05) is 0 Å². The van der Waals surface area contributed by atoms with Gasteiger partial charge in [-0.05, 0) is 20.8 Å². The first-order valence-corrected chi connectivity index (χ1v) is 5.36. The third kappa shape index (κ3) is 4.19.